The van der Waals surface area contributed by atoms with Crippen LogP contribution in [0.3, 0.4) is 0 Å². The average Bonchev–Trinajstić information content (AvgIpc) is 2.85. The number of nitrogens with one attached hydrogen (secondary N) is 1. The van der Waals surface area contributed by atoms with E-state index in [-0.39, 0.29) is 17.8 Å². The van der Waals surface area contributed by atoms with E-state index in [4.69, 9.17) is 0 Å². The first-order valence-electron chi connectivity index (χ1n) is 6.57. The molecule has 1 N–H and O–H groups in total. The molecule has 0 radical (unpaired) electrons. The molecular formula is C13H11F6N3O2S. The summed E-state index contributed by atoms with van der Waals surface area (Å²) in [6, 6.07) is 3.50. The Hall–Kier alpha value is -2.24. The van der Waals surface area contributed by atoms with Gasteiger partial charge >= 0.3 is 11.7 Å². The van der Waals surface area contributed by atoms with Gasteiger partial charge in [-0.3, -0.25) is 4.68 Å². The number of hydrogen-bond acceptors (Lipinski definition) is 4. The summed E-state index contributed by atoms with van der Waals surface area (Å²) >= 11 is 0. The van der Waals surface area contributed by atoms with Crippen LogP contribution in [0.15, 0.2) is 35.4 Å². The summed E-state index contributed by atoms with van der Waals surface area (Å²) in [7, 11) is -4.16. The summed E-state index contributed by atoms with van der Waals surface area (Å²) in [5.74, 6) is 0. The lowest BCUT2D eigenvalue weighted by Gasteiger charge is -2.10. The monoisotopic (exact) mass is 387 g/mol. The van der Waals surface area contributed by atoms with Gasteiger partial charge in [0.25, 0.3) is 9.84 Å². The second-order valence-corrected chi connectivity index (χ2v) is 6.94. The van der Waals surface area contributed by atoms with Gasteiger partial charge in [-0.25, -0.2) is 8.42 Å². The minimum absolute atomic E-state index is 0.151. The number of rotatable bonds is 4. The van der Waals surface area contributed by atoms with Crippen LogP contribution >= 0.6 is 0 Å². The van der Waals surface area contributed by atoms with Gasteiger partial charge in [0.05, 0.1) is 4.90 Å². The Labute approximate surface area is 138 Å². The van der Waals surface area contributed by atoms with Crippen LogP contribution in [-0.2, 0) is 29.6 Å². The van der Waals surface area contributed by atoms with E-state index in [1.54, 1.807) is 0 Å². The van der Waals surface area contributed by atoms with Crippen LogP contribution in [0, 0.1) is 0 Å². The average molecular weight is 387 g/mol. The number of sulfone groups is 1. The number of halogens is 6. The number of nitrogens with zero attached hydrogens (tertiary/aromatic N) is 2. The molecule has 12 heteroatoms. The largest absolute Gasteiger partial charge is 0.501 e. The molecule has 5 nitrogen and oxygen atoms in total. The minimum Gasteiger partial charge on any atom is -0.381 e. The molecule has 138 valence electrons. The topological polar surface area (TPSA) is 64.0 Å². The predicted molar refractivity (Wildman–Crippen MR) is 75.2 cm³/mol. The normalized spacial score (nSPS) is 13.1. The fourth-order valence-electron chi connectivity index (χ4n) is 1.99. The molecule has 0 saturated heterocycles. The Morgan fingerprint density at radius 3 is 2.12 bits per heavy atom. The zero-order valence-corrected chi connectivity index (χ0v) is 13.3. The van der Waals surface area contributed by atoms with Crippen molar-refractivity contribution in [1.82, 2.24) is 9.78 Å². The molecule has 0 aliphatic carbocycles. The highest BCUT2D eigenvalue weighted by molar-refractivity contribution is 7.92. The Morgan fingerprint density at radius 1 is 1.08 bits per heavy atom. The van der Waals surface area contributed by atoms with Crippen molar-refractivity contribution in [1.29, 1.82) is 0 Å². The molecule has 0 aliphatic rings. The van der Waals surface area contributed by atoms with E-state index in [2.05, 4.69) is 10.4 Å². The fraction of sp³-hybridized carbons (Fsp3) is 0.308. The van der Waals surface area contributed by atoms with E-state index in [0.717, 1.165) is 35.1 Å². The molecule has 0 aliphatic heterocycles. The number of hydrogen-bond donors (Lipinski definition) is 1. The summed E-state index contributed by atoms with van der Waals surface area (Å²) in [5.41, 5.74) is -6.53. The molecule has 0 saturated carbocycles. The van der Waals surface area contributed by atoms with Gasteiger partial charge in [0.2, 0.25) is 0 Å². The van der Waals surface area contributed by atoms with E-state index < -0.39 is 32.1 Å². The van der Waals surface area contributed by atoms with Crippen molar-refractivity contribution in [2.45, 2.75) is 23.1 Å². The molecule has 0 spiro atoms. The van der Waals surface area contributed by atoms with Gasteiger partial charge in [-0.2, -0.15) is 31.4 Å². The smallest absolute Gasteiger partial charge is 0.381 e. The van der Waals surface area contributed by atoms with Crippen LogP contribution in [0.4, 0.5) is 32.0 Å². The molecule has 0 atom stereocenters. The predicted octanol–water partition coefficient (Wildman–Crippen LogP) is 3.34. The Kier molecular flexibility index (Phi) is 4.77. The summed E-state index contributed by atoms with van der Waals surface area (Å²) in [4.78, 5) is -0.956. The molecule has 2 aromatic rings. The van der Waals surface area contributed by atoms with Crippen LogP contribution in [0.25, 0.3) is 0 Å². The van der Waals surface area contributed by atoms with Crippen molar-refractivity contribution >= 4 is 15.5 Å². The highest BCUT2D eigenvalue weighted by Gasteiger charge is 2.46. The van der Waals surface area contributed by atoms with E-state index >= 15 is 0 Å². The summed E-state index contributed by atoms with van der Waals surface area (Å²) in [5, 5.41) is 5.89. The number of aromatic nitrogens is 2. The zero-order chi connectivity index (χ0) is 19.0. The van der Waals surface area contributed by atoms with Crippen molar-refractivity contribution < 1.29 is 34.8 Å². The Morgan fingerprint density at radius 2 is 1.64 bits per heavy atom. The SMILES string of the molecule is Cn1cc(CNc2ccc(S(=O)(=O)C(F)(F)F)cc2)c(C(F)(F)F)n1. The van der Waals surface area contributed by atoms with Crippen LogP contribution in [0.1, 0.15) is 11.3 Å². The molecule has 0 amide bonds. The van der Waals surface area contributed by atoms with Crippen molar-refractivity contribution in [2.24, 2.45) is 7.05 Å². The highest BCUT2D eigenvalue weighted by atomic mass is 32.2. The molecule has 1 aromatic carbocycles. The maximum atomic E-state index is 12.8. The standard InChI is InChI=1S/C13H11F6N3O2S/c1-22-7-8(11(21-22)12(14,15)16)6-20-9-2-4-10(5-3-9)25(23,24)13(17,18)19/h2-5,7,20H,6H2,1H3. The lowest BCUT2D eigenvalue weighted by molar-refractivity contribution is -0.142. The molecule has 1 heterocycles. The van der Waals surface area contributed by atoms with E-state index in [9.17, 15) is 34.8 Å². The van der Waals surface area contributed by atoms with E-state index in [1.807, 2.05) is 0 Å². The number of aryl methyl sites for hydroxylation is 1. The first-order chi connectivity index (χ1) is 11.3. The second kappa shape index (κ2) is 6.24. The van der Waals surface area contributed by atoms with Gasteiger partial charge < -0.3 is 5.32 Å². The Bertz CT molecular complexity index is 853. The van der Waals surface area contributed by atoms with Crippen LogP contribution in [0.2, 0.25) is 0 Å². The van der Waals surface area contributed by atoms with Crippen molar-refractivity contribution in [2.75, 3.05) is 5.32 Å². The van der Waals surface area contributed by atoms with Crippen molar-refractivity contribution in [3.63, 3.8) is 0 Å². The number of alkyl halides is 6. The van der Waals surface area contributed by atoms with Gasteiger partial charge in [0.1, 0.15) is 0 Å². The third kappa shape index (κ3) is 4.06. The third-order valence-corrected chi connectivity index (χ3v) is 4.63. The summed E-state index contributed by atoms with van der Waals surface area (Å²) < 4.78 is 99.1. The molecule has 0 bridgehead atoms. The summed E-state index contributed by atoms with van der Waals surface area (Å²) in [6.07, 6.45) is -3.50. The van der Waals surface area contributed by atoms with E-state index in [1.165, 1.54) is 7.05 Å². The third-order valence-electron chi connectivity index (χ3n) is 3.13. The van der Waals surface area contributed by atoms with Crippen LogP contribution in [0.5, 0.6) is 0 Å². The lowest BCUT2D eigenvalue weighted by atomic mass is 10.2. The minimum atomic E-state index is -5.47. The van der Waals surface area contributed by atoms with Crippen LogP contribution < -0.4 is 5.32 Å². The first kappa shape index (κ1) is 19.1. The summed E-state index contributed by atoms with van der Waals surface area (Å²) in [6.45, 7) is -0.298. The first-order valence-corrected chi connectivity index (χ1v) is 8.05. The molecule has 1 aromatic heterocycles. The fourth-order valence-corrected chi connectivity index (χ4v) is 2.75. The molecule has 0 unspecified atom stereocenters. The van der Waals surface area contributed by atoms with Gasteiger partial charge in [0.15, 0.2) is 5.69 Å². The van der Waals surface area contributed by atoms with Gasteiger partial charge in [-0.05, 0) is 24.3 Å². The number of benzene rings is 1. The van der Waals surface area contributed by atoms with Gasteiger partial charge in [0, 0.05) is 31.0 Å². The van der Waals surface area contributed by atoms with Gasteiger partial charge in [-0.1, -0.05) is 0 Å². The highest BCUT2D eigenvalue weighted by Crippen LogP contribution is 2.32. The Balaban J connectivity index is 2.17. The van der Waals surface area contributed by atoms with E-state index in [0.29, 0.717) is 0 Å². The zero-order valence-electron chi connectivity index (χ0n) is 12.5. The molecular weight excluding hydrogens is 376 g/mol. The quantitative estimate of drug-likeness (QED) is 0.818. The number of anilines is 1. The molecule has 2 rings (SSSR count). The lowest BCUT2D eigenvalue weighted by Crippen LogP contribution is -2.23. The maximum Gasteiger partial charge on any atom is 0.501 e. The molecule has 0 fully saturated rings. The molecule has 25 heavy (non-hydrogen) atoms. The van der Waals surface area contributed by atoms with Crippen molar-refractivity contribution in [3.05, 3.63) is 41.7 Å². The van der Waals surface area contributed by atoms with Gasteiger partial charge in [-0.15, -0.1) is 0 Å². The maximum absolute atomic E-state index is 12.8. The van der Waals surface area contributed by atoms with Crippen molar-refractivity contribution in [3.8, 4) is 0 Å². The van der Waals surface area contributed by atoms with Crippen LogP contribution in [-0.4, -0.2) is 23.7 Å². The second-order valence-electron chi connectivity index (χ2n) is 5.00.